The number of fused-ring (bicyclic) bond motifs is 1. The quantitative estimate of drug-likeness (QED) is 0.473. The number of nitrogens with zero attached hydrogens (tertiary/aromatic N) is 5. The summed E-state index contributed by atoms with van der Waals surface area (Å²) in [6, 6.07) is 17.2. The fraction of sp³-hybridized carbons (Fsp3) is 0.379. The van der Waals surface area contributed by atoms with Crippen molar-refractivity contribution < 1.29 is 19.1 Å². The summed E-state index contributed by atoms with van der Waals surface area (Å²) in [5.41, 5.74) is 3.56. The summed E-state index contributed by atoms with van der Waals surface area (Å²) in [6.07, 6.45) is 0.745. The van der Waals surface area contributed by atoms with Crippen molar-refractivity contribution >= 4 is 17.6 Å². The second kappa shape index (κ2) is 11.1. The molecule has 9 nitrogen and oxygen atoms in total. The van der Waals surface area contributed by atoms with Crippen LogP contribution in [0.15, 0.2) is 54.6 Å². The molecule has 1 saturated heterocycles. The fourth-order valence-corrected chi connectivity index (χ4v) is 4.65. The summed E-state index contributed by atoms with van der Waals surface area (Å²) in [6.45, 7) is 8.66. The van der Waals surface area contributed by atoms with Gasteiger partial charge in [-0.2, -0.15) is 0 Å². The average molecular weight is 516 g/mol. The minimum atomic E-state index is -0.187. The van der Waals surface area contributed by atoms with Crippen molar-refractivity contribution in [1.29, 1.82) is 0 Å². The summed E-state index contributed by atoms with van der Waals surface area (Å²) in [5, 5.41) is 8.85. The molecule has 0 aliphatic carbocycles. The minimum Gasteiger partial charge on any atom is -0.454 e. The standard InChI is InChI=1S/C29H33N5O4/c1-4-21(3)34(29(36)23-9-11-25-26(17-23)38-19-37-25)18-28(35)33-15-13-32(14-16-33)27-12-10-24(30-31-27)22-7-5-20(2)6-8-22/h5-12,17,21H,4,13-16,18-19H2,1-3H3. The molecule has 0 N–H and O–H groups in total. The second-order valence-corrected chi connectivity index (χ2v) is 9.77. The molecule has 9 heteroatoms. The Hall–Kier alpha value is -4.14. The van der Waals surface area contributed by atoms with Crippen LogP contribution in [0.1, 0.15) is 36.2 Å². The molecule has 1 fully saturated rings. The number of carbonyl (C=O) groups is 2. The first kappa shape index (κ1) is 25.5. The Balaban J connectivity index is 1.19. The highest BCUT2D eigenvalue weighted by atomic mass is 16.7. The molecule has 198 valence electrons. The molecule has 0 saturated carbocycles. The van der Waals surface area contributed by atoms with Gasteiger partial charge in [0.1, 0.15) is 6.54 Å². The molecule has 3 heterocycles. The molecule has 2 aliphatic rings. The van der Waals surface area contributed by atoms with Crippen LogP contribution in [0.3, 0.4) is 0 Å². The van der Waals surface area contributed by atoms with E-state index in [2.05, 4.69) is 34.2 Å². The van der Waals surface area contributed by atoms with E-state index in [0.717, 1.165) is 23.5 Å². The van der Waals surface area contributed by atoms with Crippen LogP contribution in [-0.4, -0.2) is 77.4 Å². The SMILES string of the molecule is CCC(C)N(CC(=O)N1CCN(c2ccc(-c3ccc(C)cc3)nn2)CC1)C(=O)c1ccc2c(c1)OCO2. The Labute approximate surface area is 223 Å². The van der Waals surface area contributed by atoms with Gasteiger partial charge in [0.2, 0.25) is 12.7 Å². The number of ether oxygens (including phenoxy) is 2. The van der Waals surface area contributed by atoms with E-state index in [9.17, 15) is 9.59 Å². The predicted octanol–water partition coefficient (Wildman–Crippen LogP) is 3.77. The van der Waals surface area contributed by atoms with E-state index >= 15 is 0 Å². The van der Waals surface area contributed by atoms with Crippen molar-refractivity contribution in [3.05, 3.63) is 65.7 Å². The van der Waals surface area contributed by atoms with Gasteiger partial charge in [0.05, 0.1) is 5.69 Å². The van der Waals surface area contributed by atoms with Crippen molar-refractivity contribution in [3.8, 4) is 22.8 Å². The fourth-order valence-electron chi connectivity index (χ4n) is 4.65. The van der Waals surface area contributed by atoms with E-state index in [4.69, 9.17) is 9.47 Å². The van der Waals surface area contributed by atoms with Crippen LogP contribution in [0.4, 0.5) is 5.82 Å². The van der Waals surface area contributed by atoms with Gasteiger partial charge in [-0.1, -0.05) is 36.8 Å². The van der Waals surface area contributed by atoms with Gasteiger partial charge in [-0.05, 0) is 50.6 Å². The van der Waals surface area contributed by atoms with Gasteiger partial charge in [0.15, 0.2) is 17.3 Å². The lowest BCUT2D eigenvalue weighted by atomic mass is 10.1. The van der Waals surface area contributed by atoms with Crippen molar-refractivity contribution in [2.45, 2.75) is 33.2 Å². The molecule has 5 rings (SSSR count). The van der Waals surface area contributed by atoms with Crippen molar-refractivity contribution in [2.24, 2.45) is 0 Å². The average Bonchev–Trinajstić information content (AvgIpc) is 3.44. The van der Waals surface area contributed by atoms with Gasteiger partial charge in [0.25, 0.3) is 5.91 Å². The smallest absolute Gasteiger partial charge is 0.254 e. The Kier molecular flexibility index (Phi) is 7.44. The number of carbonyl (C=O) groups excluding carboxylic acids is 2. The zero-order valence-corrected chi connectivity index (χ0v) is 22.1. The van der Waals surface area contributed by atoms with Crippen LogP contribution in [0, 0.1) is 6.92 Å². The maximum atomic E-state index is 13.4. The number of aryl methyl sites for hydroxylation is 1. The topological polar surface area (TPSA) is 88.1 Å². The van der Waals surface area contributed by atoms with E-state index in [-0.39, 0.29) is 31.2 Å². The number of aromatic nitrogens is 2. The minimum absolute atomic E-state index is 0.0351. The molecule has 2 aliphatic heterocycles. The Morgan fingerprint density at radius 1 is 0.947 bits per heavy atom. The molecule has 2 aromatic carbocycles. The molecular formula is C29H33N5O4. The summed E-state index contributed by atoms with van der Waals surface area (Å²) < 4.78 is 10.8. The van der Waals surface area contributed by atoms with E-state index in [1.165, 1.54) is 5.56 Å². The highest BCUT2D eigenvalue weighted by molar-refractivity contribution is 5.97. The Morgan fingerprint density at radius 3 is 2.37 bits per heavy atom. The zero-order chi connectivity index (χ0) is 26.6. The van der Waals surface area contributed by atoms with Crippen LogP contribution < -0.4 is 14.4 Å². The third-order valence-corrected chi connectivity index (χ3v) is 7.26. The first-order valence-corrected chi connectivity index (χ1v) is 13.1. The molecule has 1 aromatic heterocycles. The van der Waals surface area contributed by atoms with E-state index < -0.39 is 0 Å². The Bertz CT molecular complexity index is 1290. The third-order valence-electron chi connectivity index (χ3n) is 7.26. The normalized spacial score (nSPS) is 15.3. The van der Waals surface area contributed by atoms with E-state index in [0.29, 0.717) is 43.2 Å². The first-order valence-electron chi connectivity index (χ1n) is 13.1. The number of rotatable bonds is 7. The Morgan fingerprint density at radius 2 is 1.68 bits per heavy atom. The molecule has 1 unspecified atom stereocenters. The van der Waals surface area contributed by atoms with Crippen molar-refractivity contribution in [2.75, 3.05) is 44.4 Å². The lowest BCUT2D eigenvalue weighted by Gasteiger charge is -2.37. The van der Waals surface area contributed by atoms with Crippen molar-refractivity contribution in [1.82, 2.24) is 20.0 Å². The summed E-state index contributed by atoms with van der Waals surface area (Å²) in [4.78, 5) is 32.3. The molecule has 0 radical (unpaired) electrons. The number of hydrogen-bond acceptors (Lipinski definition) is 7. The number of piperazine rings is 1. The molecule has 1 atom stereocenters. The summed E-state index contributed by atoms with van der Waals surface area (Å²) in [5.74, 6) is 1.73. The van der Waals surface area contributed by atoms with Gasteiger partial charge in [-0.25, -0.2) is 0 Å². The van der Waals surface area contributed by atoms with Gasteiger partial charge >= 0.3 is 0 Å². The van der Waals surface area contributed by atoms with Gasteiger partial charge in [0, 0.05) is 43.3 Å². The van der Waals surface area contributed by atoms with Crippen LogP contribution >= 0.6 is 0 Å². The highest BCUT2D eigenvalue weighted by Gasteiger charge is 2.29. The van der Waals surface area contributed by atoms with E-state index in [1.54, 1.807) is 23.1 Å². The van der Waals surface area contributed by atoms with Gasteiger partial charge < -0.3 is 24.2 Å². The van der Waals surface area contributed by atoms with E-state index in [1.807, 2.05) is 43.0 Å². The summed E-state index contributed by atoms with van der Waals surface area (Å²) in [7, 11) is 0. The number of hydrogen-bond donors (Lipinski definition) is 0. The molecular weight excluding hydrogens is 482 g/mol. The first-order chi connectivity index (χ1) is 18.4. The maximum Gasteiger partial charge on any atom is 0.254 e. The van der Waals surface area contributed by atoms with Crippen LogP contribution in [0.25, 0.3) is 11.3 Å². The zero-order valence-electron chi connectivity index (χ0n) is 22.1. The van der Waals surface area contributed by atoms with Gasteiger partial charge in [-0.3, -0.25) is 9.59 Å². The molecule has 38 heavy (non-hydrogen) atoms. The van der Waals surface area contributed by atoms with Crippen LogP contribution in [0.2, 0.25) is 0 Å². The lowest BCUT2D eigenvalue weighted by Crippen LogP contribution is -2.53. The van der Waals surface area contributed by atoms with Gasteiger partial charge in [-0.15, -0.1) is 10.2 Å². The molecule has 0 bridgehead atoms. The number of anilines is 1. The maximum absolute atomic E-state index is 13.4. The highest BCUT2D eigenvalue weighted by Crippen LogP contribution is 2.33. The molecule has 0 spiro atoms. The molecule has 2 amide bonds. The number of amides is 2. The second-order valence-electron chi connectivity index (χ2n) is 9.77. The predicted molar refractivity (Wildman–Crippen MR) is 144 cm³/mol. The van der Waals surface area contributed by atoms with Crippen molar-refractivity contribution in [3.63, 3.8) is 0 Å². The number of benzene rings is 2. The largest absolute Gasteiger partial charge is 0.454 e. The monoisotopic (exact) mass is 515 g/mol. The van der Waals surface area contributed by atoms with Crippen LogP contribution in [-0.2, 0) is 4.79 Å². The lowest BCUT2D eigenvalue weighted by molar-refractivity contribution is -0.132. The summed E-state index contributed by atoms with van der Waals surface area (Å²) >= 11 is 0. The molecule has 3 aromatic rings. The third kappa shape index (κ3) is 5.41. The van der Waals surface area contributed by atoms with Crippen LogP contribution in [0.5, 0.6) is 11.5 Å².